The highest BCUT2D eigenvalue weighted by molar-refractivity contribution is 7.47. The number of rotatable bonds is 67. The Morgan fingerprint density at radius 2 is 0.709 bits per heavy atom. The molecule has 0 saturated carbocycles. The van der Waals surface area contributed by atoms with Crippen molar-refractivity contribution in [3.05, 3.63) is 97.2 Å². The molecule has 0 aromatic carbocycles. The van der Waals surface area contributed by atoms with Crippen molar-refractivity contribution < 1.29 is 32.9 Å². The summed E-state index contributed by atoms with van der Waals surface area (Å²) < 4.78 is 23.8. The molecule has 0 rings (SSSR count). The van der Waals surface area contributed by atoms with E-state index < -0.39 is 20.0 Å². The van der Waals surface area contributed by atoms with Crippen molar-refractivity contribution >= 4 is 13.7 Å². The molecule has 0 aromatic heterocycles. The smallest absolute Gasteiger partial charge is 0.387 e. The molecule has 3 N–H and O–H groups in total. The highest BCUT2D eigenvalue weighted by Crippen LogP contribution is 2.43. The van der Waals surface area contributed by atoms with Gasteiger partial charge in [-0.3, -0.25) is 13.8 Å². The average Bonchev–Trinajstić information content (AvgIpc) is 3.70. The van der Waals surface area contributed by atoms with E-state index in [1.54, 1.807) is 6.08 Å². The van der Waals surface area contributed by atoms with Gasteiger partial charge in [0, 0.05) is 6.42 Å². The minimum Gasteiger partial charge on any atom is -0.387 e. The van der Waals surface area contributed by atoms with Crippen LogP contribution in [0.3, 0.4) is 0 Å². The summed E-state index contributed by atoms with van der Waals surface area (Å²) >= 11 is 0. The molecule has 0 aliphatic heterocycles. The molecular formula is C77H142N2O6P+. The van der Waals surface area contributed by atoms with Crippen LogP contribution in [0.1, 0.15) is 335 Å². The lowest BCUT2D eigenvalue weighted by Gasteiger charge is -2.25. The number of hydrogen-bond acceptors (Lipinski definition) is 5. The fourth-order valence-corrected chi connectivity index (χ4v) is 11.4. The maximum absolute atomic E-state index is 13.1. The van der Waals surface area contributed by atoms with Crippen LogP contribution in [0.15, 0.2) is 97.2 Å². The SMILES string of the molecule is CC/C=C\C/C=C\C/C=C\C/C=C\C/C=C\C/C=C\CCCCCCCCCCCCCCCCCCCCCCC(=O)NC(COP(=O)(O)OCC[N+](C)(C)C)C(O)/C=C/CC/C=C/CCCCCCCCCCCCCCCCCCCCC. The van der Waals surface area contributed by atoms with Gasteiger partial charge in [0.2, 0.25) is 5.91 Å². The number of hydrogen-bond donors (Lipinski definition) is 3. The number of aliphatic hydroxyl groups excluding tert-OH is 1. The lowest BCUT2D eigenvalue weighted by atomic mass is 10.0. The summed E-state index contributed by atoms with van der Waals surface area (Å²) in [6, 6.07) is -0.868. The van der Waals surface area contributed by atoms with E-state index in [1.165, 1.54) is 238 Å². The molecule has 0 aromatic rings. The first kappa shape index (κ1) is 83.4. The molecule has 500 valence electrons. The number of quaternary nitrogens is 1. The zero-order chi connectivity index (χ0) is 62.6. The third-order valence-electron chi connectivity index (χ3n) is 16.3. The molecule has 0 fully saturated rings. The van der Waals surface area contributed by atoms with E-state index in [0.717, 1.165) is 77.0 Å². The Morgan fingerprint density at radius 1 is 0.407 bits per heavy atom. The fraction of sp³-hybridized carbons (Fsp3) is 0.779. The van der Waals surface area contributed by atoms with Gasteiger partial charge in [0.05, 0.1) is 39.9 Å². The van der Waals surface area contributed by atoms with Crippen molar-refractivity contribution in [2.75, 3.05) is 40.9 Å². The number of nitrogens with one attached hydrogen (secondary N) is 1. The monoisotopic (exact) mass is 1220 g/mol. The maximum atomic E-state index is 13.1. The normalized spacial score (nSPS) is 14.2. The predicted octanol–water partition coefficient (Wildman–Crippen LogP) is 23.7. The quantitative estimate of drug-likeness (QED) is 0.0243. The Balaban J connectivity index is 4.03. The van der Waals surface area contributed by atoms with Gasteiger partial charge in [-0.05, 0) is 83.5 Å². The molecule has 1 amide bonds. The van der Waals surface area contributed by atoms with E-state index in [4.69, 9.17) is 9.05 Å². The first-order valence-corrected chi connectivity index (χ1v) is 38.1. The Bertz CT molecular complexity index is 1730. The fourth-order valence-electron chi connectivity index (χ4n) is 10.7. The van der Waals surface area contributed by atoms with Crippen LogP contribution in [0.5, 0.6) is 0 Å². The van der Waals surface area contributed by atoms with E-state index in [0.29, 0.717) is 17.4 Å². The van der Waals surface area contributed by atoms with Crippen molar-refractivity contribution in [2.45, 2.75) is 347 Å². The first-order chi connectivity index (χ1) is 42.0. The molecule has 0 spiro atoms. The highest BCUT2D eigenvalue weighted by Gasteiger charge is 2.28. The molecule has 3 atom stereocenters. The van der Waals surface area contributed by atoms with Gasteiger partial charge in [-0.1, -0.05) is 342 Å². The zero-order valence-electron chi connectivity index (χ0n) is 57.3. The van der Waals surface area contributed by atoms with Gasteiger partial charge in [0.1, 0.15) is 13.2 Å². The average molecular weight is 1220 g/mol. The number of unbranched alkanes of at least 4 members (excludes halogenated alkanes) is 40. The van der Waals surface area contributed by atoms with Crippen molar-refractivity contribution in [3.8, 4) is 0 Å². The van der Waals surface area contributed by atoms with Crippen LogP contribution in [0.2, 0.25) is 0 Å². The summed E-state index contributed by atoms with van der Waals surface area (Å²) in [5.41, 5.74) is 0. The van der Waals surface area contributed by atoms with Crippen LogP contribution in [-0.2, 0) is 18.4 Å². The molecule has 0 aliphatic carbocycles. The number of allylic oxidation sites excluding steroid dienone is 15. The van der Waals surface area contributed by atoms with Crippen molar-refractivity contribution in [1.82, 2.24) is 5.32 Å². The lowest BCUT2D eigenvalue weighted by molar-refractivity contribution is -0.870. The van der Waals surface area contributed by atoms with Crippen LogP contribution in [-0.4, -0.2) is 73.4 Å². The number of carbonyl (C=O) groups is 1. The molecule has 86 heavy (non-hydrogen) atoms. The highest BCUT2D eigenvalue weighted by atomic mass is 31.2. The first-order valence-electron chi connectivity index (χ1n) is 36.6. The number of phosphoric ester groups is 1. The minimum atomic E-state index is -4.37. The second-order valence-electron chi connectivity index (χ2n) is 25.9. The second kappa shape index (κ2) is 66.8. The summed E-state index contributed by atoms with van der Waals surface area (Å²) in [5, 5.41) is 14.0. The molecule has 9 heteroatoms. The Labute approximate surface area is 534 Å². The van der Waals surface area contributed by atoms with Crippen LogP contribution >= 0.6 is 7.82 Å². The Morgan fingerprint density at radius 3 is 1.07 bits per heavy atom. The van der Waals surface area contributed by atoms with Crippen molar-refractivity contribution in [3.63, 3.8) is 0 Å². The number of carbonyl (C=O) groups excluding carboxylic acids is 1. The molecule has 3 unspecified atom stereocenters. The summed E-state index contributed by atoms with van der Waals surface area (Å²) in [6.07, 6.45) is 97.2. The van der Waals surface area contributed by atoms with Gasteiger partial charge >= 0.3 is 7.82 Å². The summed E-state index contributed by atoms with van der Waals surface area (Å²) in [6.45, 7) is 4.72. The van der Waals surface area contributed by atoms with E-state index in [9.17, 15) is 19.4 Å². The topological polar surface area (TPSA) is 105 Å². The van der Waals surface area contributed by atoms with Crippen LogP contribution in [0.4, 0.5) is 0 Å². The molecule has 0 bridgehead atoms. The molecule has 0 saturated heterocycles. The van der Waals surface area contributed by atoms with Gasteiger partial charge in [0.25, 0.3) is 0 Å². The minimum absolute atomic E-state index is 0.0550. The van der Waals surface area contributed by atoms with Gasteiger partial charge in [-0.15, -0.1) is 0 Å². The van der Waals surface area contributed by atoms with E-state index in [1.807, 2.05) is 27.2 Å². The van der Waals surface area contributed by atoms with Crippen molar-refractivity contribution in [1.29, 1.82) is 0 Å². The summed E-state index contributed by atoms with van der Waals surface area (Å²) in [5.74, 6) is -0.183. The third-order valence-corrected chi connectivity index (χ3v) is 17.3. The predicted molar refractivity (Wildman–Crippen MR) is 378 cm³/mol. The maximum Gasteiger partial charge on any atom is 0.472 e. The number of nitrogens with zero attached hydrogens (tertiary/aromatic N) is 1. The number of amides is 1. The van der Waals surface area contributed by atoms with E-state index >= 15 is 0 Å². The summed E-state index contributed by atoms with van der Waals surface area (Å²) in [7, 11) is 1.56. The van der Waals surface area contributed by atoms with Gasteiger partial charge in [-0.2, -0.15) is 0 Å². The van der Waals surface area contributed by atoms with Crippen LogP contribution in [0, 0.1) is 0 Å². The molecule has 8 nitrogen and oxygen atoms in total. The van der Waals surface area contributed by atoms with Crippen molar-refractivity contribution in [2.24, 2.45) is 0 Å². The van der Waals surface area contributed by atoms with E-state index in [2.05, 4.69) is 104 Å². The van der Waals surface area contributed by atoms with Gasteiger partial charge < -0.3 is 19.8 Å². The van der Waals surface area contributed by atoms with Gasteiger partial charge in [0.15, 0.2) is 0 Å². The zero-order valence-corrected chi connectivity index (χ0v) is 58.2. The molecular weight excluding hydrogens is 1080 g/mol. The molecule has 0 aliphatic rings. The third kappa shape index (κ3) is 68.9. The largest absolute Gasteiger partial charge is 0.472 e. The van der Waals surface area contributed by atoms with Crippen LogP contribution in [0.25, 0.3) is 0 Å². The lowest BCUT2D eigenvalue weighted by Crippen LogP contribution is -2.45. The van der Waals surface area contributed by atoms with E-state index in [-0.39, 0.29) is 19.1 Å². The van der Waals surface area contributed by atoms with Gasteiger partial charge in [-0.25, -0.2) is 4.57 Å². The number of phosphoric acid groups is 1. The van der Waals surface area contributed by atoms with Crippen LogP contribution < -0.4 is 5.32 Å². The number of likely N-dealkylation sites (N-methyl/N-ethyl adjacent to an activating group) is 1. The second-order valence-corrected chi connectivity index (χ2v) is 27.4. The molecule has 0 heterocycles. The standard InChI is InChI=1S/C77H141N2O6P/c1-6-8-10-12-14-16-18-20-22-24-26-28-30-32-33-34-35-36-37-38-39-40-41-42-43-44-45-47-49-51-53-55-57-59-61-63-65-67-69-71-77(81)78-75(74-85-86(82,83)84-73-72-79(3,4)5)76(80)70-68-66-64-62-60-58-56-54-52-50-48-46-31-29-27-25-23-21-19-17-15-13-11-9-7-2/h8,10,14,16,20,22,26,28,32-33,35-36,60,62,68,70,75-76,80H,6-7,9,11-13,15,17-19,21,23-25,27,29-31,34,37-59,61,63-67,69,71-74H2,1-5H3,(H-,78,81,82,83)/p+1/b10-8-,16-14-,22-20-,28-26-,33-32-,36-35-,62-60+,70-68+. The Kier molecular flexibility index (Phi) is 64.8. The number of aliphatic hydroxyl groups is 1. The summed E-state index contributed by atoms with van der Waals surface area (Å²) in [4.78, 5) is 23.4. The molecule has 0 radical (unpaired) electrons. The Hall–Kier alpha value is -2.58.